The lowest BCUT2D eigenvalue weighted by Gasteiger charge is -2.29. The Bertz CT molecular complexity index is 1540. The van der Waals surface area contributed by atoms with Gasteiger partial charge in [-0.2, -0.15) is 0 Å². The monoisotopic (exact) mass is 585 g/mol. The van der Waals surface area contributed by atoms with Gasteiger partial charge in [-0.1, -0.05) is 43.7 Å². The fourth-order valence-corrected chi connectivity index (χ4v) is 4.98. The number of carbonyl (C=O) groups is 5. The Kier molecular flexibility index (Phi) is 9.76. The minimum atomic E-state index is -1.05. The van der Waals surface area contributed by atoms with E-state index in [4.69, 9.17) is 0 Å². The van der Waals surface area contributed by atoms with Crippen LogP contribution in [0.4, 0.5) is 27.5 Å². The van der Waals surface area contributed by atoms with Crippen molar-refractivity contribution in [2.24, 2.45) is 0 Å². The van der Waals surface area contributed by atoms with Crippen molar-refractivity contribution in [1.29, 1.82) is 0 Å². The van der Waals surface area contributed by atoms with Crippen LogP contribution in [0.25, 0.3) is 0 Å². The topological polar surface area (TPSA) is 148 Å². The minimum absolute atomic E-state index is 0.0441. The summed E-state index contributed by atoms with van der Waals surface area (Å²) in [7, 11) is 1.56. The molecular weight excluding hydrogens is 550 g/mol. The molecule has 1 unspecified atom stereocenters. The van der Waals surface area contributed by atoms with E-state index in [1.54, 1.807) is 43.4 Å². The SMILES string of the molecule is CCCC(CC(=O)O)N1CC(=O)N(C)c2ccc(NC(=O)Cc3ccc(NC(=O)Nc4ccccc4C)cc3)cc2C1=O. The lowest BCUT2D eigenvalue weighted by atomic mass is 10.0. The number of fused-ring (bicyclic) bond motifs is 1. The molecular formula is C32H35N5O6. The number of urea groups is 1. The van der Waals surface area contributed by atoms with Crippen LogP contribution in [-0.2, 0) is 20.8 Å². The summed E-state index contributed by atoms with van der Waals surface area (Å²) >= 11 is 0. The van der Waals surface area contributed by atoms with E-state index in [0.29, 0.717) is 41.2 Å². The molecule has 4 rings (SSSR count). The highest BCUT2D eigenvalue weighted by atomic mass is 16.4. The number of amides is 5. The number of benzene rings is 3. The predicted octanol–water partition coefficient (Wildman–Crippen LogP) is 4.88. The van der Waals surface area contributed by atoms with Gasteiger partial charge >= 0.3 is 12.0 Å². The predicted molar refractivity (Wildman–Crippen MR) is 164 cm³/mol. The first-order valence-corrected chi connectivity index (χ1v) is 14.0. The van der Waals surface area contributed by atoms with Gasteiger partial charge in [0.25, 0.3) is 5.91 Å². The number of carboxylic acids is 1. The highest BCUT2D eigenvalue weighted by Gasteiger charge is 2.34. The van der Waals surface area contributed by atoms with Crippen molar-refractivity contribution in [1.82, 2.24) is 4.90 Å². The molecule has 0 fully saturated rings. The molecule has 11 heteroatoms. The van der Waals surface area contributed by atoms with E-state index >= 15 is 0 Å². The number of aliphatic carboxylic acids is 1. The van der Waals surface area contributed by atoms with Crippen LogP contribution in [0.2, 0.25) is 0 Å². The van der Waals surface area contributed by atoms with Crippen molar-refractivity contribution in [2.45, 2.75) is 45.6 Å². The number of hydrogen-bond acceptors (Lipinski definition) is 5. The maximum absolute atomic E-state index is 13.6. The molecule has 5 amide bonds. The number of aryl methyl sites for hydroxylation is 1. The molecule has 3 aromatic rings. The number of carboxylic acid groups (broad SMARTS) is 1. The second-order valence-electron chi connectivity index (χ2n) is 10.5. The van der Waals surface area contributed by atoms with Gasteiger partial charge in [0, 0.05) is 30.2 Å². The van der Waals surface area contributed by atoms with E-state index < -0.39 is 17.9 Å². The van der Waals surface area contributed by atoms with Gasteiger partial charge in [0.1, 0.15) is 6.54 Å². The Morgan fingerprint density at radius 1 is 0.930 bits per heavy atom. The fraction of sp³-hybridized carbons (Fsp3) is 0.281. The zero-order chi connectivity index (χ0) is 31.1. The van der Waals surface area contributed by atoms with E-state index in [2.05, 4.69) is 16.0 Å². The number of likely N-dealkylation sites (N-methyl/N-ethyl adjacent to an activating group) is 1. The number of nitrogens with one attached hydrogen (secondary N) is 3. The molecule has 1 aliphatic heterocycles. The number of carbonyl (C=O) groups excluding carboxylic acids is 4. The van der Waals surface area contributed by atoms with Crippen molar-refractivity contribution in [3.63, 3.8) is 0 Å². The van der Waals surface area contributed by atoms with Crippen molar-refractivity contribution in [3.05, 3.63) is 83.4 Å². The highest BCUT2D eigenvalue weighted by Crippen LogP contribution is 2.30. The first kappa shape index (κ1) is 30.8. The van der Waals surface area contributed by atoms with Crippen LogP contribution in [0.5, 0.6) is 0 Å². The van der Waals surface area contributed by atoms with Gasteiger partial charge in [-0.25, -0.2) is 4.79 Å². The zero-order valence-electron chi connectivity index (χ0n) is 24.3. The van der Waals surface area contributed by atoms with Crippen LogP contribution >= 0.6 is 0 Å². The third-order valence-electron chi connectivity index (χ3n) is 7.26. The Labute approximate surface area is 249 Å². The Balaban J connectivity index is 1.42. The Morgan fingerprint density at radius 3 is 2.30 bits per heavy atom. The number of hydrogen-bond donors (Lipinski definition) is 4. The maximum Gasteiger partial charge on any atom is 0.323 e. The number of anilines is 4. The molecule has 1 atom stereocenters. The molecule has 43 heavy (non-hydrogen) atoms. The van der Waals surface area contributed by atoms with Crippen LogP contribution < -0.4 is 20.9 Å². The van der Waals surface area contributed by atoms with Gasteiger partial charge in [-0.05, 0) is 60.9 Å². The summed E-state index contributed by atoms with van der Waals surface area (Å²) in [5, 5.41) is 17.8. The van der Waals surface area contributed by atoms with Crippen LogP contribution in [-0.4, -0.2) is 59.4 Å². The van der Waals surface area contributed by atoms with Gasteiger partial charge in [0.2, 0.25) is 11.8 Å². The smallest absolute Gasteiger partial charge is 0.323 e. The summed E-state index contributed by atoms with van der Waals surface area (Å²) < 4.78 is 0. The molecule has 224 valence electrons. The third kappa shape index (κ3) is 7.76. The Hall–Kier alpha value is -5.19. The molecule has 3 aromatic carbocycles. The van der Waals surface area contributed by atoms with E-state index in [-0.39, 0.29) is 42.8 Å². The molecule has 0 saturated heterocycles. The highest BCUT2D eigenvalue weighted by molar-refractivity contribution is 6.10. The molecule has 0 bridgehead atoms. The summed E-state index contributed by atoms with van der Waals surface area (Å²) in [6.45, 7) is 3.56. The minimum Gasteiger partial charge on any atom is -0.481 e. The molecule has 0 aliphatic carbocycles. The van der Waals surface area contributed by atoms with Crippen LogP contribution in [0.3, 0.4) is 0 Å². The average molecular weight is 586 g/mol. The Morgan fingerprint density at radius 2 is 1.63 bits per heavy atom. The molecule has 0 saturated carbocycles. The molecule has 11 nitrogen and oxygen atoms in total. The molecule has 0 radical (unpaired) electrons. The molecule has 0 spiro atoms. The molecule has 4 N–H and O–H groups in total. The third-order valence-corrected chi connectivity index (χ3v) is 7.26. The van der Waals surface area contributed by atoms with Crippen LogP contribution in [0, 0.1) is 6.92 Å². The lowest BCUT2D eigenvalue weighted by Crippen LogP contribution is -2.45. The summed E-state index contributed by atoms with van der Waals surface area (Å²) in [6.07, 6.45) is 0.856. The number of nitrogens with zero attached hydrogens (tertiary/aromatic N) is 2. The standard InChI is InChI=1S/C32H35N5O6/c1-4-7-24(18-30(40)41)37-19-29(39)36(3)27-15-14-23(17-25(27)31(37)42)33-28(38)16-21-10-12-22(13-11-21)34-32(43)35-26-9-6-5-8-20(26)2/h5-6,8-15,17,24H,4,7,16,18-19H2,1-3H3,(H,33,38)(H,40,41)(H2,34,35,43). The van der Waals surface area contributed by atoms with Gasteiger partial charge in [0.05, 0.1) is 24.1 Å². The van der Waals surface area contributed by atoms with E-state index in [1.165, 1.54) is 15.9 Å². The van der Waals surface area contributed by atoms with Gasteiger partial charge in [0.15, 0.2) is 0 Å². The van der Waals surface area contributed by atoms with E-state index in [0.717, 1.165) is 5.56 Å². The van der Waals surface area contributed by atoms with Crippen molar-refractivity contribution >= 4 is 52.5 Å². The number of para-hydroxylation sites is 1. The van der Waals surface area contributed by atoms with E-state index in [1.807, 2.05) is 38.1 Å². The quantitative estimate of drug-likeness (QED) is 0.267. The van der Waals surface area contributed by atoms with Gasteiger partial charge in [-0.15, -0.1) is 0 Å². The second-order valence-corrected chi connectivity index (χ2v) is 10.5. The summed E-state index contributed by atoms with van der Waals surface area (Å²) in [5.41, 5.74) is 3.88. The average Bonchev–Trinajstić information content (AvgIpc) is 3.05. The second kappa shape index (κ2) is 13.6. The fourth-order valence-electron chi connectivity index (χ4n) is 4.98. The normalized spacial score (nSPS) is 13.6. The maximum atomic E-state index is 13.6. The lowest BCUT2D eigenvalue weighted by molar-refractivity contribution is -0.138. The number of rotatable bonds is 10. The van der Waals surface area contributed by atoms with Crippen molar-refractivity contribution in [2.75, 3.05) is 34.4 Å². The summed E-state index contributed by atoms with van der Waals surface area (Å²) in [5.74, 6) is -2.17. The van der Waals surface area contributed by atoms with Crippen LogP contribution in [0.1, 0.15) is 47.7 Å². The van der Waals surface area contributed by atoms with E-state index in [9.17, 15) is 29.1 Å². The summed E-state index contributed by atoms with van der Waals surface area (Å²) in [6, 6.07) is 18.0. The molecule has 1 aliphatic rings. The van der Waals surface area contributed by atoms with Gasteiger partial charge < -0.3 is 30.9 Å². The van der Waals surface area contributed by atoms with Crippen molar-refractivity contribution in [3.8, 4) is 0 Å². The van der Waals surface area contributed by atoms with Crippen molar-refractivity contribution < 1.29 is 29.1 Å². The zero-order valence-corrected chi connectivity index (χ0v) is 24.3. The first-order valence-electron chi connectivity index (χ1n) is 14.0. The van der Waals surface area contributed by atoms with Gasteiger partial charge in [-0.3, -0.25) is 19.2 Å². The summed E-state index contributed by atoms with van der Waals surface area (Å²) in [4.78, 5) is 65.9. The molecule has 0 aromatic heterocycles. The molecule has 1 heterocycles. The van der Waals surface area contributed by atoms with Crippen LogP contribution in [0.15, 0.2) is 66.7 Å². The largest absolute Gasteiger partial charge is 0.481 e. The first-order chi connectivity index (χ1) is 20.5.